The van der Waals surface area contributed by atoms with E-state index in [2.05, 4.69) is 62.3 Å². The molecule has 35 heavy (non-hydrogen) atoms. The van der Waals surface area contributed by atoms with Gasteiger partial charge in [0.1, 0.15) is 5.82 Å². The number of hydrogen-bond donors (Lipinski definition) is 2. The minimum atomic E-state index is 0.458. The molecule has 188 valence electrons. The van der Waals surface area contributed by atoms with Gasteiger partial charge in [0.2, 0.25) is 5.95 Å². The highest BCUT2D eigenvalue weighted by atomic mass is 15.2. The summed E-state index contributed by atoms with van der Waals surface area (Å²) in [6.45, 7) is 13.4. The molecule has 0 radical (unpaired) electrons. The zero-order valence-electron chi connectivity index (χ0n) is 22.8. The van der Waals surface area contributed by atoms with E-state index in [0.29, 0.717) is 6.04 Å². The standard InChI is InChI=1S/C30H43N5/c1-19-20(2)22(4)27(23(5)21(19)3)18-31-17-16-24-12-14-25(15-13-24)32-30-33-28-11-9-8-10-26(28)29(34-30)35(6)7/h8-11,24-25,31H,12-18H2,1-7H3,(H,32,33,34). The van der Waals surface area contributed by atoms with Crippen molar-refractivity contribution in [3.8, 4) is 0 Å². The van der Waals surface area contributed by atoms with Crippen molar-refractivity contribution in [1.29, 1.82) is 0 Å². The molecule has 0 bridgehead atoms. The van der Waals surface area contributed by atoms with Crippen molar-refractivity contribution in [1.82, 2.24) is 15.3 Å². The van der Waals surface area contributed by atoms with E-state index in [1.807, 2.05) is 26.2 Å². The molecule has 5 heteroatoms. The van der Waals surface area contributed by atoms with Gasteiger partial charge < -0.3 is 15.5 Å². The van der Waals surface area contributed by atoms with Crippen LogP contribution < -0.4 is 15.5 Å². The number of para-hydroxylation sites is 1. The Hall–Kier alpha value is -2.66. The summed E-state index contributed by atoms with van der Waals surface area (Å²) in [5.41, 5.74) is 9.74. The quantitative estimate of drug-likeness (QED) is 0.371. The predicted molar refractivity (Wildman–Crippen MR) is 150 cm³/mol. The molecule has 5 nitrogen and oxygen atoms in total. The van der Waals surface area contributed by atoms with E-state index in [1.165, 1.54) is 65.5 Å². The number of fused-ring (bicyclic) bond motifs is 1. The van der Waals surface area contributed by atoms with Crippen LogP contribution in [0.4, 0.5) is 11.8 Å². The number of nitrogens with one attached hydrogen (secondary N) is 2. The van der Waals surface area contributed by atoms with Crippen molar-refractivity contribution in [2.75, 3.05) is 30.9 Å². The molecule has 1 saturated carbocycles. The molecule has 1 aromatic heterocycles. The molecule has 3 aromatic rings. The van der Waals surface area contributed by atoms with Gasteiger partial charge in [-0.3, -0.25) is 0 Å². The molecule has 0 spiro atoms. The SMILES string of the molecule is Cc1c(C)c(C)c(CNCCC2CCC(Nc3nc(N(C)C)c4ccccc4n3)CC2)c(C)c1C. The minimum Gasteiger partial charge on any atom is -0.362 e. The first kappa shape index (κ1) is 25.4. The number of anilines is 2. The Labute approximate surface area is 211 Å². The molecule has 1 aliphatic rings. The Morgan fingerprint density at radius 2 is 1.46 bits per heavy atom. The van der Waals surface area contributed by atoms with Gasteiger partial charge in [0.15, 0.2) is 0 Å². The van der Waals surface area contributed by atoms with Gasteiger partial charge in [0.25, 0.3) is 0 Å². The van der Waals surface area contributed by atoms with E-state index in [1.54, 1.807) is 0 Å². The molecule has 1 heterocycles. The topological polar surface area (TPSA) is 53.1 Å². The number of rotatable bonds is 8. The molecule has 0 atom stereocenters. The normalized spacial score (nSPS) is 18.1. The van der Waals surface area contributed by atoms with Gasteiger partial charge in [0.05, 0.1) is 5.52 Å². The maximum atomic E-state index is 4.83. The van der Waals surface area contributed by atoms with Gasteiger partial charge in [-0.1, -0.05) is 12.1 Å². The summed E-state index contributed by atoms with van der Waals surface area (Å²) in [5.74, 6) is 2.54. The lowest BCUT2D eigenvalue weighted by Crippen LogP contribution is -2.29. The Kier molecular flexibility index (Phi) is 7.95. The molecule has 1 aliphatic carbocycles. The Morgan fingerprint density at radius 1 is 0.829 bits per heavy atom. The third-order valence-electron chi connectivity index (χ3n) is 8.37. The molecule has 1 fully saturated rings. The van der Waals surface area contributed by atoms with E-state index < -0.39 is 0 Å². The Bertz CT molecular complexity index is 1150. The zero-order valence-corrected chi connectivity index (χ0v) is 22.8. The third-order valence-corrected chi connectivity index (χ3v) is 8.37. The van der Waals surface area contributed by atoms with E-state index in [9.17, 15) is 0 Å². The first-order chi connectivity index (χ1) is 16.8. The summed E-state index contributed by atoms with van der Waals surface area (Å²) in [5, 5.41) is 8.49. The fourth-order valence-electron chi connectivity index (χ4n) is 5.61. The minimum absolute atomic E-state index is 0.458. The van der Waals surface area contributed by atoms with Gasteiger partial charge in [-0.15, -0.1) is 0 Å². The molecule has 4 rings (SSSR count). The summed E-state index contributed by atoms with van der Waals surface area (Å²) < 4.78 is 0. The second-order valence-electron chi connectivity index (χ2n) is 10.7. The molecule has 2 N–H and O–H groups in total. The Morgan fingerprint density at radius 3 is 2.11 bits per heavy atom. The fourth-order valence-corrected chi connectivity index (χ4v) is 5.61. The van der Waals surface area contributed by atoms with Gasteiger partial charge in [-0.2, -0.15) is 4.98 Å². The van der Waals surface area contributed by atoms with Crippen LogP contribution in [0.1, 0.15) is 65.5 Å². The fraction of sp³-hybridized carbons (Fsp3) is 0.533. The molecule has 2 aromatic carbocycles. The van der Waals surface area contributed by atoms with Crippen LogP contribution in [0.5, 0.6) is 0 Å². The van der Waals surface area contributed by atoms with Crippen LogP contribution in [-0.2, 0) is 6.54 Å². The molecule has 0 saturated heterocycles. The number of benzene rings is 2. The van der Waals surface area contributed by atoms with Crippen LogP contribution in [0.2, 0.25) is 0 Å². The van der Waals surface area contributed by atoms with Crippen LogP contribution >= 0.6 is 0 Å². The first-order valence-electron chi connectivity index (χ1n) is 13.2. The van der Waals surface area contributed by atoms with E-state index >= 15 is 0 Å². The Balaban J connectivity index is 1.27. The lowest BCUT2D eigenvalue weighted by Gasteiger charge is -2.29. The van der Waals surface area contributed by atoms with E-state index in [0.717, 1.165) is 41.7 Å². The molecule has 0 aliphatic heterocycles. The van der Waals surface area contributed by atoms with E-state index in [-0.39, 0.29) is 0 Å². The molecular formula is C30H43N5. The zero-order chi connectivity index (χ0) is 25.1. The predicted octanol–water partition coefficient (Wildman–Crippen LogP) is 6.39. The van der Waals surface area contributed by atoms with Crippen LogP contribution in [-0.4, -0.2) is 36.6 Å². The van der Waals surface area contributed by atoms with Crippen LogP contribution in [0.15, 0.2) is 24.3 Å². The summed E-state index contributed by atoms with van der Waals surface area (Å²) in [4.78, 5) is 11.7. The lowest BCUT2D eigenvalue weighted by atomic mass is 9.84. The van der Waals surface area contributed by atoms with Crippen molar-refractivity contribution < 1.29 is 0 Å². The third kappa shape index (κ3) is 5.61. The molecular weight excluding hydrogens is 430 g/mol. The van der Waals surface area contributed by atoms with Gasteiger partial charge in [-0.25, -0.2) is 4.98 Å². The van der Waals surface area contributed by atoms with Crippen LogP contribution in [0, 0.1) is 40.5 Å². The highest BCUT2D eigenvalue weighted by Crippen LogP contribution is 2.30. The van der Waals surface area contributed by atoms with Crippen molar-refractivity contribution in [2.45, 2.75) is 79.3 Å². The molecule has 0 amide bonds. The largest absolute Gasteiger partial charge is 0.362 e. The highest BCUT2D eigenvalue weighted by molar-refractivity contribution is 5.90. The summed E-state index contributed by atoms with van der Waals surface area (Å²) in [6, 6.07) is 8.71. The lowest BCUT2D eigenvalue weighted by molar-refractivity contribution is 0.316. The molecule has 0 unspecified atom stereocenters. The van der Waals surface area contributed by atoms with Gasteiger partial charge in [-0.05, 0) is 125 Å². The van der Waals surface area contributed by atoms with Crippen molar-refractivity contribution in [3.05, 3.63) is 57.6 Å². The summed E-state index contributed by atoms with van der Waals surface area (Å²) >= 11 is 0. The maximum absolute atomic E-state index is 4.83. The highest BCUT2D eigenvalue weighted by Gasteiger charge is 2.22. The smallest absolute Gasteiger partial charge is 0.225 e. The van der Waals surface area contributed by atoms with Crippen molar-refractivity contribution >= 4 is 22.7 Å². The van der Waals surface area contributed by atoms with Gasteiger partial charge >= 0.3 is 0 Å². The van der Waals surface area contributed by atoms with Crippen LogP contribution in [0.25, 0.3) is 10.9 Å². The maximum Gasteiger partial charge on any atom is 0.225 e. The monoisotopic (exact) mass is 473 g/mol. The average molecular weight is 474 g/mol. The number of aromatic nitrogens is 2. The second-order valence-corrected chi connectivity index (χ2v) is 10.7. The second kappa shape index (κ2) is 10.9. The summed E-state index contributed by atoms with van der Waals surface area (Å²) in [7, 11) is 4.09. The summed E-state index contributed by atoms with van der Waals surface area (Å²) in [6.07, 6.45) is 6.17. The number of nitrogens with zero attached hydrogens (tertiary/aromatic N) is 3. The van der Waals surface area contributed by atoms with Crippen molar-refractivity contribution in [3.63, 3.8) is 0 Å². The van der Waals surface area contributed by atoms with Crippen LogP contribution in [0.3, 0.4) is 0 Å². The number of hydrogen-bond acceptors (Lipinski definition) is 5. The van der Waals surface area contributed by atoms with Crippen molar-refractivity contribution in [2.24, 2.45) is 5.92 Å². The first-order valence-corrected chi connectivity index (χ1v) is 13.2. The van der Waals surface area contributed by atoms with Gasteiger partial charge in [0, 0.05) is 32.1 Å². The van der Waals surface area contributed by atoms with E-state index in [4.69, 9.17) is 9.97 Å². The average Bonchev–Trinajstić information content (AvgIpc) is 2.86.